The maximum atomic E-state index is 13.3. The largest absolute Gasteiger partial charge is 0.381 e. The fraction of sp³-hybridized carbons (Fsp3) is 0.348. The summed E-state index contributed by atoms with van der Waals surface area (Å²) in [5.74, 6) is -0.589. The Hall–Kier alpha value is -3.60. The number of hydrogen-bond donors (Lipinski definition) is 4. The number of pyridine rings is 1. The molecule has 1 aromatic carbocycles. The minimum atomic E-state index is -3.38. The van der Waals surface area contributed by atoms with Crippen molar-refractivity contribution < 1.29 is 18.0 Å². The van der Waals surface area contributed by atoms with Gasteiger partial charge in [-0.2, -0.15) is 0 Å². The molecule has 3 aromatic rings. The van der Waals surface area contributed by atoms with Gasteiger partial charge >= 0.3 is 0 Å². The summed E-state index contributed by atoms with van der Waals surface area (Å²) in [6, 6.07) is 8.62. The highest BCUT2D eigenvalue weighted by Crippen LogP contribution is 2.39. The van der Waals surface area contributed by atoms with E-state index >= 15 is 0 Å². The number of amides is 2. The van der Waals surface area contributed by atoms with Crippen molar-refractivity contribution in [3.05, 3.63) is 53.9 Å². The van der Waals surface area contributed by atoms with Crippen molar-refractivity contribution in [2.75, 3.05) is 16.3 Å². The molecule has 2 aromatic heterocycles. The molecule has 0 unspecified atom stereocenters. The second-order valence-corrected chi connectivity index (χ2v) is 10.8. The number of aromatic nitrogens is 2. The summed E-state index contributed by atoms with van der Waals surface area (Å²) in [4.78, 5) is 34.6. The molecular weight excluding hydrogens is 456 g/mol. The molecule has 4 heterocycles. The second kappa shape index (κ2) is 8.32. The van der Waals surface area contributed by atoms with E-state index in [0.717, 1.165) is 37.3 Å². The van der Waals surface area contributed by atoms with Gasteiger partial charge in [0, 0.05) is 47.2 Å². The average Bonchev–Trinajstić information content (AvgIpc) is 3.35. The predicted molar refractivity (Wildman–Crippen MR) is 129 cm³/mol. The average molecular weight is 483 g/mol. The van der Waals surface area contributed by atoms with E-state index < -0.39 is 15.9 Å². The minimum absolute atomic E-state index is 0.0494. The van der Waals surface area contributed by atoms with Gasteiger partial charge in [-0.3, -0.25) is 14.3 Å². The van der Waals surface area contributed by atoms with Crippen molar-refractivity contribution in [3.8, 4) is 0 Å². The number of primary amides is 1. The molecule has 0 spiro atoms. The van der Waals surface area contributed by atoms with Crippen molar-refractivity contribution in [2.24, 2.45) is 5.73 Å². The number of benzene rings is 1. The van der Waals surface area contributed by atoms with E-state index in [9.17, 15) is 18.0 Å². The van der Waals surface area contributed by atoms with Gasteiger partial charge in [0.1, 0.15) is 5.65 Å². The number of H-pyrrole nitrogens is 1. The van der Waals surface area contributed by atoms with Crippen LogP contribution in [0.2, 0.25) is 0 Å². The molecule has 2 aliphatic heterocycles. The summed E-state index contributed by atoms with van der Waals surface area (Å²) in [6.07, 6.45) is 7.68. The summed E-state index contributed by atoms with van der Waals surface area (Å²) >= 11 is 0. The highest BCUT2D eigenvalue weighted by atomic mass is 32.2. The Morgan fingerprint density at radius 2 is 1.79 bits per heavy atom. The van der Waals surface area contributed by atoms with Gasteiger partial charge in [-0.25, -0.2) is 13.4 Å². The molecule has 0 radical (unpaired) electrons. The molecule has 2 amide bonds. The number of nitrogens with two attached hydrogens (primary N) is 1. The molecule has 2 aliphatic rings. The monoisotopic (exact) mass is 482 g/mol. The first-order chi connectivity index (χ1) is 16.2. The topological polar surface area (TPSA) is 150 Å². The van der Waals surface area contributed by atoms with E-state index in [2.05, 4.69) is 20.0 Å². The van der Waals surface area contributed by atoms with Crippen LogP contribution in [0.4, 0.5) is 11.4 Å². The number of fused-ring (bicyclic) bond motifs is 3. The summed E-state index contributed by atoms with van der Waals surface area (Å²) < 4.78 is 25.2. The molecule has 0 aliphatic carbocycles. The highest BCUT2D eigenvalue weighted by Gasteiger charge is 2.43. The Labute approximate surface area is 197 Å². The lowest BCUT2D eigenvalue weighted by Crippen LogP contribution is -2.49. The van der Waals surface area contributed by atoms with Crippen LogP contribution in [0.3, 0.4) is 0 Å². The van der Waals surface area contributed by atoms with Crippen molar-refractivity contribution in [2.45, 2.75) is 43.8 Å². The van der Waals surface area contributed by atoms with Gasteiger partial charge in [0.25, 0.3) is 11.8 Å². The molecule has 3 atom stereocenters. The highest BCUT2D eigenvalue weighted by molar-refractivity contribution is 7.92. The molecule has 2 fully saturated rings. The maximum Gasteiger partial charge on any atom is 0.254 e. The third-order valence-electron chi connectivity index (χ3n) is 6.60. The van der Waals surface area contributed by atoms with Crippen LogP contribution in [-0.2, 0) is 10.0 Å². The Balaban J connectivity index is 1.33. The number of carbonyl (C=O) groups is 2. The van der Waals surface area contributed by atoms with Gasteiger partial charge in [0.15, 0.2) is 0 Å². The van der Waals surface area contributed by atoms with E-state index in [1.54, 1.807) is 30.5 Å². The zero-order chi connectivity index (χ0) is 24.0. The molecule has 0 saturated carbocycles. The lowest BCUT2D eigenvalue weighted by Gasteiger charge is -2.40. The van der Waals surface area contributed by atoms with Crippen LogP contribution in [0.5, 0.6) is 0 Å². The molecule has 178 valence electrons. The predicted octanol–water partition coefficient (Wildman–Crippen LogP) is 2.28. The molecule has 5 N–H and O–H groups in total. The number of hydrogen-bond acceptors (Lipinski definition) is 6. The number of aromatic amines is 1. The van der Waals surface area contributed by atoms with E-state index in [0.29, 0.717) is 28.1 Å². The Morgan fingerprint density at radius 3 is 2.41 bits per heavy atom. The third kappa shape index (κ3) is 4.18. The zero-order valence-electron chi connectivity index (χ0n) is 18.6. The Kier molecular flexibility index (Phi) is 5.43. The molecule has 10 nitrogen and oxygen atoms in total. The fourth-order valence-electron chi connectivity index (χ4n) is 5.22. The fourth-order valence-corrected chi connectivity index (χ4v) is 5.79. The van der Waals surface area contributed by atoms with Gasteiger partial charge in [0.2, 0.25) is 10.0 Å². The van der Waals surface area contributed by atoms with Gasteiger partial charge in [0.05, 0.1) is 17.5 Å². The summed E-state index contributed by atoms with van der Waals surface area (Å²) in [7, 11) is -3.38. The quantitative estimate of drug-likeness (QED) is 0.423. The number of sulfonamides is 1. The van der Waals surface area contributed by atoms with Crippen LogP contribution in [0.25, 0.3) is 11.0 Å². The Morgan fingerprint density at radius 1 is 1.12 bits per heavy atom. The summed E-state index contributed by atoms with van der Waals surface area (Å²) in [5.41, 5.74) is 8.25. The van der Waals surface area contributed by atoms with Crippen LogP contribution in [0.1, 0.15) is 46.4 Å². The normalized spacial score (nSPS) is 22.0. The molecule has 2 bridgehead atoms. The minimum Gasteiger partial charge on any atom is -0.381 e. The zero-order valence-corrected chi connectivity index (χ0v) is 19.4. The van der Waals surface area contributed by atoms with E-state index in [1.165, 1.54) is 6.20 Å². The maximum absolute atomic E-state index is 13.3. The van der Waals surface area contributed by atoms with E-state index in [1.807, 2.05) is 11.0 Å². The molecular formula is C23H26N6O4S. The second-order valence-electron chi connectivity index (χ2n) is 9.01. The number of rotatable bonds is 6. The van der Waals surface area contributed by atoms with Gasteiger partial charge in [-0.05, 0) is 56.0 Å². The third-order valence-corrected chi connectivity index (χ3v) is 7.21. The van der Waals surface area contributed by atoms with Crippen LogP contribution < -0.4 is 15.8 Å². The Bertz CT molecular complexity index is 1350. The first kappa shape index (κ1) is 22.2. The number of nitrogens with zero attached hydrogens (tertiary/aromatic N) is 2. The number of nitrogens with one attached hydrogen (secondary N) is 3. The van der Waals surface area contributed by atoms with E-state index in [-0.39, 0.29) is 24.0 Å². The van der Waals surface area contributed by atoms with Crippen molar-refractivity contribution in [3.63, 3.8) is 0 Å². The standard InChI is InChI=1S/C23H26N6O4S/c1-34(32,33)28-14-4-2-13(3-5-14)23(31)29-16-6-7-17(29)11-15(10-16)27-20-18-8-9-25-22(18)26-12-19(20)21(24)30/h2-5,8-9,12,15-17,28H,6-7,10-11H2,1H3,(H2,24,30)(H2,25,26,27)/t15-,16-,17+. The van der Waals surface area contributed by atoms with E-state index in [4.69, 9.17) is 5.73 Å². The van der Waals surface area contributed by atoms with Crippen molar-refractivity contribution in [1.82, 2.24) is 14.9 Å². The van der Waals surface area contributed by atoms with Gasteiger partial charge in [-0.15, -0.1) is 0 Å². The SMILES string of the molecule is CS(=O)(=O)Nc1ccc(C(=O)N2[C@@H]3CC[C@H]2C[C@H](Nc2c(C(N)=O)cnc4[nH]ccc24)C3)cc1. The lowest BCUT2D eigenvalue weighted by atomic mass is 9.95. The summed E-state index contributed by atoms with van der Waals surface area (Å²) in [6.45, 7) is 0. The first-order valence-corrected chi connectivity index (χ1v) is 13.0. The lowest BCUT2D eigenvalue weighted by molar-refractivity contribution is 0.0583. The van der Waals surface area contributed by atoms with Crippen molar-refractivity contribution in [1.29, 1.82) is 0 Å². The summed E-state index contributed by atoms with van der Waals surface area (Å²) in [5, 5.41) is 4.34. The van der Waals surface area contributed by atoms with Crippen LogP contribution >= 0.6 is 0 Å². The van der Waals surface area contributed by atoms with Crippen molar-refractivity contribution >= 4 is 44.2 Å². The molecule has 34 heavy (non-hydrogen) atoms. The number of carbonyl (C=O) groups excluding carboxylic acids is 2. The number of anilines is 2. The van der Waals surface area contributed by atoms with Crippen LogP contribution in [-0.4, -0.2) is 59.5 Å². The van der Waals surface area contributed by atoms with Gasteiger partial charge < -0.3 is 20.9 Å². The van der Waals surface area contributed by atoms with Gasteiger partial charge in [-0.1, -0.05) is 0 Å². The molecule has 11 heteroatoms. The van der Waals surface area contributed by atoms with Crippen LogP contribution in [0.15, 0.2) is 42.7 Å². The first-order valence-electron chi connectivity index (χ1n) is 11.1. The number of piperidine rings is 1. The molecule has 2 saturated heterocycles. The van der Waals surface area contributed by atoms with Crippen LogP contribution in [0, 0.1) is 0 Å². The molecule has 5 rings (SSSR count). The smallest absolute Gasteiger partial charge is 0.254 e.